The Labute approximate surface area is 199 Å². The number of aromatic nitrogens is 3. The Balaban J connectivity index is 1.27. The molecule has 0 saturated carbocycles. The van der Waals surface area contributed by atoms with E-state index in [1.807, 2.05) is 6.20 Å². The van der Waals surface area contributed by atoms with Crippen molar-refractivity contribution in [3.8, 4) is 11.3 Å². The molecule has 0 radical (unpaired) electrons. The smallest absolute Gasteiger partial charge is 0.408 e. The van der Waals surface area contributed by atoms with Crippen LogP contribution in [0.4, 0.5) is 13.2 Å². The lowest BCUT2D eigenvalue weighted by molar-refractivity contribution is -0.120. The predicted octanol–water partition coefficient (Wildman–Crippen LogP) is 5.27. The number of oxazole rings is 1. The number of hydrogen-bond donors (Lipinski definition) is 0. The highest BCUT2D eigenvalue weighted by Crippen LogP contribution is 2.27. The standard InChI is InChI=1S/C26H24F3N3O3/c27-18-7-5-17(6-8-18)21-15-31-12-2-1-3-16(13-23(31)30-21)4-9-19(33)14-32-25-22(35-26(32)34)11-10-20(28)24(25)29/h5-8,10-11,15-16H,1-4,9,12-14H2. The maximum Gasteiger partial charge on any atom is 0.420 e. The number of fused-ring (bicyclic) bond motifs is 2. The fourth-order valence-corrected chi connectivity index (χ4v) is 4.75. The first-order valence-electron chi connectivity index (χ1n) is 11.7. The minimum absolute atomic E-state index is 0.0921. The van der Waals surface area contributed by atoms with Crippen molar-refractivity contribution in [3.63, 3.8) is 0 Å². The second-order valence-corrected chi connectivity index (χ2v) is 9.05. The molecular weight excluding hydrogens is 459 g/mol. The van der Waals surface area contributed by atoms with Gasteiger partial charge in [0.25, 0.3) is 0 Å². The van der Waals surface area contributed by atoms with Crippen molar-refractivity contribution >= 4 is 16.9 Å². The topological polar surface area (TPSA) is 70.0 Å². The number of hydrogen-bond acceptors (Lipinski definition) is 4. The molecule has 2 aromatic carbocycles. The molecule has 0 saturated heterocycles. The van der Waals surface area contributed by atoms with E-state index in [0.717, 1.165) is 53.5 Å². The Kier molecular flexibility index (Phi) is 6.32. The molecule has 0 amide bonds. The van der Waals surface area contributed by atoms with E-state index >= 15 is 0 Å². The van der Waals surface area contributed by atoms with Crippen LogP contribution in [0.15, 0.2) is 51.8 Å². The van der Waals surface area contributed by atoms with Crippen molar-refractivity contribution in [1.29, 1.82) is 0 Å². The summed E-state index contributed by atoms with van der Waals surface area (Å²) in [4.78, 5) is 29.6. The maximum absolute atomic E-state index is 14.2. The van der Waals surface area contributed by atoms with Crippen LogP contribution < -0.4 is 5.76 Å². The minimum Gasteiger partial charge on any atom is -0.408 e. The van der Waals surface area contributed by atoms with Crippen LogP contribution in [0.5, 0.6) is 0 Å². The molecule has 3 heterocycles. The summed E-state index contributed by atoms with van der Waals surface area (Å²) in [6.07, 6.45) is 6.42. The Bertz CT molecular complexity index is 1440. The van der Waals surface area contributed by atoms with E-state index in [9.17, 15) is 22.8 Å². The zero-order valence-corrected chi connectivity index (χ0v) is 19.0. The minimum atomic E-state index is -1.20. The zero-order chi connectivity index (χ0) is 24.5. The number of ketones is 1. The van der Waals surface area contributed by atoms with E-state index in [1.165, 1.54) is 18.2 Å². The van der Waals surface area contributed by atoms with Gasteiger partial charge in [0.15, 0.2) is 23.0 Å². The van der Waals surface area contributed by atoms with Gasteiger partial charge in [-0.2, -0.15) is 0 Å². The molecule has 6 nitrogen and oxygen atoms in total. The number of halogens is 3. The summed E-state index contributed by atoms with van der Waals surface area (Å²) in [5.74, 6) is -2.61. The van der Waals surface area contributed by atoms with Crippen LogP contribution in [-0.4, -0.2) is 19.9 Å². The van der Waals surface area contributed by atoms with E-state index in [2.05, 4.69) is 4.57 Å². The Morgan fingerprint density at radius 2 is 1.89 bits per heavy atom. The van der Waals surface area contributed by atoms with Crippen molar-refractivity contribution in [1.82, 2.24) is 14.1 Å². The van der Waals surface area contributed by atoms with E-state index in [-0.39, 0.29) is 41.6 Å². The Hall–Kier alpha value is -3.62. The highest BCUT2D eigenvalue weighted by atomic mass is 19.2. The monoisotopic (exact) mass is 483 g/mol. The van der Waals surface area contributed by atoms with Crippen molar-refractivity contribution in [3.05, 3.63) is 76.4 Å². The molecule has 0 aliphatic carbocycles. The van der Waals surface area contributed by atoms with Gasteiger partial charge in [-0.25, -0.2) is 22.9 Å². The van der Waals surface area contributed by atoms with Crippen molar-refractivity contribution in [2.75, 3.05) is 0 Å². The normalized spacial score (nSPS) is 16.1. The van der Waals surface area contributed by atoms with Crippen molar-refractivity contribution in [2.45, 2.75) is 51.6 Å². The van der Waals surface area contributed by atoms with Crippen LogP contribution >= 0.6 is 0 Å². The van der Waals surface area contributed by atoms with E-state index < -0.39 is 17.4 Å². The van der Waals surface area contributed by atoms with Crippen LogP contribution in [0.1, 0.15) is 37.9 Å². The van der Waals surface area contributed by atoms with Gasteiger partial charge >= 0.3 is 5.76 Å². The average Bonchev–Trinajstić information content (AvgIpc) is 3.36. The van der Waals surface area contributed by atoms with Gasteiger partial charge in [0.05, 0.1) is 12.2 Å². The van der Waals surface area contributed by atoms with Gasteiger partial charge in [-0.15, -0.1) is 0 Å². The molecular formula is C26H24F3N3O3. The first kappa shape index (κ1) is 23.1. The molecule has 1 aliphatic heterocycles. The summed E-state index contributed by atoms with van der Waals surface area (Å²) in [7, 11) is 0. The van der Waals surface area contributed by atoms with Gasteiger partial charge in [0.2, 0.25) is 0 Å². The van der Waals surface area contributed by atoms with Gasteiger partial charge in [-0.3, -0.25) is 9.36 Å². The number of imidazole rings is 1. The molecule has 0 bridgehead atoms. The number of carbonyl (C=O) groups is 1. The van der Waals surface area contributed by atoms with Crippen LogP contribution in [0.25, 0.3) is 22.4 Å². The van der Waals surface area contributed by atoms with Gasteiger partial charge in [0, 0.05) is 31.1 Å². The lowest BCUT2D eigenvalue weighted by atomic mass is 9.91. The molecule has 1 aliphatic rings. The first-order valence-corrected chi connectivity index (χ1v) is 11.7. The summed E-state index contributed by atoms with van der Waals surface area (Å²) >= 11 is 0. The van der Waals surface area contributed by atoms with Crippen molar-refractivity contribution in [2.24, 2.45) is 5.92 Å². The highest BCUT2D eigenvalue weighted by molar-refractivity contribution is 5.81. The van der Waals surface area contributed by atoms with Crippen molar-refractivity contribution < 1.29 is 22.4 Å². The fourth-order valence-electron chi connectivity index (χ4n) is 4.75. The molecule has 0 N–H and O–H groups in total. The molecule has 5 rings (SSSR count). The van der Waals surface area contributed by atoms with Crippen LogP contribution in [0, 0.1) is 23.4 Å². The van der Waals surface area contributed by atoms with Gasteiger partial charge in [-0.05, 0) is 61.6 Å². The van der Waals surface area contributed by atoms with Gasteiger partial charge < -0.3 is 8.98 Å². The van der Waals surface area contributed by atoms with Crippen LogP contribution in [0.2, 0.25) is 0 Å². The summed E-state index contributed by atoms with van der Waals surface area (Å²) in [6.45, 7) is 0.482. The second kappa shape index (κ2) is 9.56. The zero-order valence-electron chi connectivity index (χ0n) is 19.0. The number of rotatable bonds is 6. The largest absolute Gasteiger partial charge is 0.420 e. The molecule has 0 fully saturated rings. The van der Waals surface area contributed by atoms with E-state index in [4.69, 9.17) is 9.40 Å². The molecule has 0 spiro atoms. The highest BCUT2D eigenvalue weighted by Gasteiger charge is 2.22. The number of nitrogens with zero attached hydrogens (tertiary/aromatic N) is 3. The quantitative estimate of drug-likeness (QED) is 0.375. The van der Waals surface area contributed by atoms with E-state index in [0.29, 0.717) is 12.8 Å². The number of benzene rings is 2. The first-order chi connectivity index (χ1) is 16.9. The molecule has 1 atom stereocenters. The third-order valence-corrected chi connectivity index (χ3v) is 6.62. The molecule has 2 aromatic heterocycles. The Morgan fingerprint density at radius 1 is 1.09 bits per heavy atom. The molecule has 9 heteroatoms. The second-order valence-electron chi connectivity index (χ2n) is 9.05. The maximum atomic E-state index is 14.2. The average molecular weight is 483 g/mol. The molecule has 1 unspecified atom stereocenters. The van der Waals surface area contributed by atoms with Crippen LogP contribution in [0.3, 0.4) is 0 Å². The van der Waals surface area contributed by atoms with Gasteiger partial charge in [-0.1, -0.05) is 6.42 Å². The lowest BCUT2D eigenvalue weighted by Gasteiger charge is -2.20. The third kappa shape index (κ3) is 4.80. The lowest BCUT2D eigenvalue weighted by Crippen LogP contribution is -2.22. The van der Waals surface area contributed by atoms with Crippen LogP contribution in [-0.2, 0) is 24.3 Å². The summed E-state index contributed by atoms with van der Waals surface area (Å²) in [5, 5.41) is 0. The summed E-state index contributed by atoms with van der Waals surface area (Å²) in [6, 6.07) is 8.29. The SMILES string of the molecule is O=C(CCC1CCCCn2cc(-c3ccc(F)cc3)nc2C1)Cn1c(=O)oc2ccc(F)c(F)c21. The number of carbonyl (C=O) groups excluding carboxylic acids is 1. The Morgan fingerprint density at radius 3 is 2.69 bits per heavy atom. The number of aryl methyl sites for hydroxylation is 1. The van der Waals surface area contributed by atoms with E-state index in [1.54, 1.807) is 12.1 Å². The third-order valence-electron chi connectivity index (χ3n) is 6.62. The summed E-state index contributed by atoms with van der Waals surface area (Å²) < 4.78 is 49.1. The number of Topliss-reactive ketones (excluding diaryl/α,β-unsaturated/α-hetero) is 1. The fraction of sp³-hybridized carbons (Fsp3) is 0.346. The van der Waals surface area contributed by atoms with Gasteiger partial charge in [0.1, 0.15) is 17.2 Å². The summed E-state index contributed by atoms with van der Waals surface area (Å²) in [5.41, 5.74) is 1.21. The predicted molar refractivity (Wildman–Crippen MR) is 123 cm³/mol. The molecule has 4 aromatic rings. The molecule has 182 valence electrons. The molecule has 35 heavy (non-hydrogen) atoms.